The van der Waals surface area contributed by atoms with Gasteiger partial charge in [-0.3, -0.25) is 4.79 Å². The Morgan fingerprint density at radius 3 is 3.17 bits per heavy atom. The average molecular weight is 336 g/mol. The van der Waals surface area contributed by atoms with Gasteiger partial charge in [0.15, 0.2) is 5.75 Å². The van der Waals surface area contributed by atoms with E-state index in [0.29, 0.717) is 36.3 Å². The number of carbonyl (C=O) groups excluding carboxylic acids is 1. The van der Waals surface area contributed by atoms with Crippen LogP contribution in [0.15, 0.2) is 10.5 Å². The van der Waals surface area contributed by atoms with E-state index in [1.807, 2.05) is 0 Å². The smallest absolute Gasteiger partial charge is 0.293 e. The monoisotopic (exact) mass is 334 g/mol. The van der Waals surface area contributed by atoms with E-state index >= 15 is 0 Å². The number of ether oxygens (including phenoxy) is 2. The Morgan fingerprint density at radius 2 is 2.44 bits per heavy atom. The van der Waals surface area contributed by atoms with E-state index in [1.165, 1.54) is 0 Å². The lowest BCUT2D eigenvalue weighted by atomic mass is 9.90. The largest absolute Gasteiger partial charge is 0.505 e. The standard InChI is InChI=1S/C12H12BrClO4/c13-10-11(16)9(14)5-8-7(1-3-17-6-15)2-4-18-12(8)10/h5-7,16H,1-4H2. The summed E-state index contributed by atoms with van der Waals surface area (Å²) in [4.78, 5) is 10.1. The second-order valence-electron chi connectivity index (χ2n) is 4.03. The van der Waals surface area contributed by atoms with Crippen LogP contribution in [0.5, 0.6) is 11.5 Å². The fraction of sp³-hybridized carbons (Fsp3) is 0.417. The number of phenolic OH excluding ortho intramolecular Hbond substituents is 1. The number of aromatic hydroxyl groups is 1. The van der Waals surface area contributed by atoms with Crippen LogP contribution >= 0.6 is 27.5 Å². The van der Waals surface area contributed by atoms with Gasteiger partial charge in [0.25, 0.3) is 6.47 Å². The lowest BCUT2D eigenvalue weighted by molar-refractivity contribution is -0.128. The zero-order valence-corrected chi connectivity index (χ0v) is 11.8. The highest BCUT2D eigenvalue weighted by atomic mass is 79.9. The summed E-state index contributed by atoms with van der Waals surface area (Å²) in [5.74, 6) is 0.822. The lowest BCUT2D eigenvalue weighted by Crippen LogP contribution is -2.16. The Kier molecular flexibility index (Phi) is 4.35. The zero-order chi connectivity index (χ0) is 13.1. The molecule has 0 aromatic heterocycles. The molecule has 1 aromatic carbocycles. The maximum Gasteiger partial charge on any atom is 0.293 e. The first-order chi connectivity index (χ1) is 8.65. The molecular formula is C12H12BrClO4. The summed E-state index contributed by atoms with van der Waals surface area (Å²) < 4.78 is 10.7. The Hall–Kier alpha value is -0.940. The van der Waals surface area contributed by atoms with Gasteiger partial charge in [0.2, 0.25) is 0 Å². The number of hydrogen-bond donors (Lipinski definition) is 1. The molecule has 1 aromatic rings. The van der Waals surface area contributed by atoms with Gasteiger partial charge in [0.1, 0.15) is 10.2 Å². The minimum atomic E-state index is -0.0137. The van der Waals surface area contributed by atoms with Gasteiger partial charge < -0.3 is 14.6 Å². The molecule has 0 saturated carbocycles. The number of carbonyl (C=O) groups is 1. The minimum absolute atomic E-state index is 0.0137. The van der Waals surface area contributed by atoms with Crippen LogP contribution in [0.25, 0.3) is 0 Å². The van der Waals surface area contributed by atoms with Crippen molar-refractivity contribution >= 4 is 34.0 Å². The van der Waals surface area contributed by atoms with Crippen molar-refractivity contribution in [1.82, 2.24) is 0 Å². The maximum absolute atomic E-state index is 10.1. The van der Waals surface area contributed by atoms with Gasteiger partial charge in [-0.2, -0.15) is 0 Å². The van der Waals surface area contributed by atoms with Crippen LogP contribution in [0, 0.1) is 0 Å². The van der Waals surface area contributed by atoms with Gasteiger partial charge in [0.05, 0.1) is 18.2 Å². The molecule has 2 rings (SSSR count). The van der Waals surface area contributed by atoms with Crippen molar-refractivity contribution in [2.75, 3.05) is 13.2 Å². The van der Waals surface area contributed by atoms with Crippen LogP contribution in [0.2, 0.25) is 5.02 Å². The third-order valence-corrected chi connectivity index (χ3v) is 4.01. The van der Waals surface area contributed by atoms with Crippen LogP contribution in [-0.2, 0) is 9.53 Å². The molecule has 0 radical (unpaired) electrons. The van der Waals surface area contributed by atoms with Crippen LogP contribution in [0.1, 0.15) is 24.3 Å². The van der Waals surface area contributed by atoms with Gasteiger partial charge in [-0.15, -0.1) is 0 Å². The van der Waals surface area contributed by atoms with Crippen molar-refractivity contribution in [3.05, 3.63) is 21.1 Å². The van der Waals surface area contributed by atoms with Crippen LogP contribution in [-0.4, -0.2) is 24.8 Å². The maximum atomic E-state index is 10.1. The number of hydrogen-bond acceptors (Lipinski definition) is 4. The van der Waals surface area contributed by atoms with E-state index in [1.54, 1.807) is 6.07 Å². The van der Waals surface area contributed by atoms with Crippen LogP contribution in [0.3, 0.4) is 0 Å². The third kappa shape index (κ3) is 2.57. The average Bonchev–Trinajstić information content (AvgIpc) is 2.37. The molecule has 6 heteroatoms. The highest BCUT2D eigenvalue weighted by Gasteiger charge is 2.26. The molecule has 4 nitrogen and oxygen atoms in total. The van der Waals surface area contributed by atoms with Crippen molar-refractivity contribution in [3.8, 4) is 11.5 Å². The first kappa shape index (κ1) is 13.5. The van der Waals surface area contributed by atoms with Gasteiger partial charge >= 0.3 is 0 Å². The molecule has 1 aliphatic heterocycles. The summed E-state index contributed by atoms with van der Waals surface area (Å²) in [5, 5.41) is 10.0. The highest BCUT2D eigenvalue weighted by molar-refractivity contribution is 9.10. The van der Waals surface area contributed by atoms with Crippen molar-refractivity contribution in [1.29, 1.82) is 0 Å². The van der Waals surface area contributed by atoms with Crippen LogP contribution in [0.4, 0.5) is 0 Å². The Morgan fingerprint density at radius 1 is 1.67 bits per heavy atom. The first-order valence-corrected chi connectivity index (χ1v) is 6.71. The van der Waals surface area contributed by atoms with Gasteiger partial charge in [0, 0.05) is 5.56 Å². The molecule has 0 amide bonds. The van der Waals surface area contributed by atoms with Crippen molar-refractivity contribution in [3.63, 3.8) is 0 Å². The van der Waals surface area contributed by atoms with Crippen molar-refractivity contribution < 1.29 is 19.4 Å². The fourth-order valence-electron chi connectivity index (χ4n) is 2.08. The molecule has 1 N–H and O–H groups in total. The Bertz CT molecular complexity index is 464. The SMILES string of the molecule is O=COCCC1CCOc2c1cc(Cl)c(O)c2Br. The zero-order valence-electron chi connectivity index (χ0n) is 9.49. The predicted molar refractivity (Wildman–Crippen MR) is 70.3 cm³/mol. The number of fused-ring (bicyclic) bond motifs is 1. The van der Waals surface area contributed by atoms with E-state index in [-0.39, 0.29) is 16.7 Å². The molecule has 1 aliphatic rings. The van der Waals surface area contributed by atoms with E-state index in [2.05, 4.69) is 15.9 Å². The Labute approximate surface area is 118 Å². The minimum Gasteiger partial charge on any atom is -0.505 e. The molecule has 1 heterocycles. The number of benzene rings is 1. The quantitative estimate of drug-likeness (QED) is 0.678. The second kappa shape index (κ2) is 5.80. The second-order valence-corrected chi connectivity index (χ2v) is 5.23. The first-order valence-electron chi connectivity index (χ1n) is 5.54. The number of phenols is 1. The summed E-state index contributed by atoms with van der Waals surface area (Å²) in [6, 6.07) is 1.71. The highest BCUT2D eigenvalue weighted by Crippen LogP contribution is 2.47. The van der Waals surface area contributed by atoms with Gasteiger partial charge in [-0.1, -0.05) is 11.6 Å². The molecule has 0 saturated heterocycles. The molecule has 0 bridgehead atoms. The molecule has 1 atom stereocenters. The topological polar surface area (TPSA) is 55.8 Å². The normalized spacial score (nSPS) is 17.8. The molecule has 0 spiro atoms. The summed E-state index contributed by atoms with van der Waals surface area (Å²) in [6.07, 6.45) is 1.55. The van der Waals surface area contributed by atoms with E-state index in [9.17, 15) is 9.90 Å². The van der Waals surface area contributed by atoms with E-state index < -0.39 is 0 Å². The molecule has 98 valence electrons. The van der Waals surface area contributed by atoms with Gasteiger partial charge in [-0.25, -0.2) is 0 Å². The third-order valence-electron chi connectivity index (χ3n) is 2.98. The van der Waals surface area contributed by atoms with E-state index in [4.69, 9.17) is 21.1 Å². The Balaban J connectivity index is 2.28. The summed E-state index contributed by atoms with van der Waals surface area (Å²) in [7, 11) is 0. The lowest BCUT2D eigenvalue weighted by Gasteiger charge is -2.27. The number of rotatable bonds is 4. The summed E-state index contributed by atoms with van der Waals surface area (Å²) >= 11 is 9.23. The van der Waals surface area contributed by atoms with Crippen molar-refractivity contribution in [2.45, 2.75) is 18.8 Å². The summed E-state index contributed by atoms with van der Waals surface area (Å²) in [6.45, 7) is 1.38. The molecule has 0 fully saturated rings. The predicted octanol–water partition coefficient (Wildman–Crippen LogP) is 3.24. The van der Waals surface area contributed by atoms with Gasteiger partial charge in [-0.05, 0) is 40.8 Å². The molecular weight excluding hydrogens is 323 g/mol. The van der Waals surface area contributed by atoms with Crippen molar-refractivity contribution in [2.24, 2.45) is 0 Å². The van der Waals surface area contributed by atoms with Crippen LogP contribution < -0.4 is 4.74 Å². The number of halogens is 2. The van der Waals surface area contributed by atoms with E-state index in [0.717, 1.165) is 12.0 Å². The fourth-order valence-corrected chi connectivity index (χ4v) is 2.96. The molecule has 1 unspecified atom stereocenters. The molecule has 18 heavy (non-hydrogen) atoms. The summed E-state index contributed by atoms with van der Waals surface area (Å²) in [5.41, 5.74) is 0.936. The molecule has 0 aliphatic carbocycles.